The maximum atomic E-state index is 5.76. The van der Waals surface area contributed by atoms with E-state index in [4.69, 9.17) is 5.73 Å². The van der Waals surface area contributed by atoms with Crippen LogP contribution in [0.15, 0.2) is 103 Å². The Labute approximate surface area is 152 Å². The third-order valence-corrected chi connectivity index (χ3v) is 4.41. The first-order valence-corrected chi connectivity index (χ1v) is 8.68. The molecule has 0 atom stereocenters. The van der Waals surface area contributed by atoms with Crippen LogP contribution in [0, 0.1) is 0 Å². The quantitative estimate of drug-likeness (QED) is 0.349. The van der Waals surface area contributed by atoms with Crippen molar-refractivity contribution in [3.05, 3.63) is 103 Å². The van der Waals surface area contributed by atoms with Gasteiger partial charge in [0.05, 0.1) is 0 Å². The zero-order chi connectivity index (χ0) is 17.8. The van der Waals surface area contributed by atoms with E-state index in [0.717, 1.165) is 16.7 Å². The molecule has 0 saturated heterocycles. The van der Waals surface area contributed by atoms with Gasteiger partial charge in [-0.15, -0.1) is 0 Å². The lowest BCUT2D eigenvalue weighted by Gasteiger charge is -1.98. The SMILES string of the molecule is Nc1ccc2[nH]c3ccccc3c2c1.c1ccc(-c2ccccc2)cc1. The van der Waals surface area contributed by atoms with Gasteiger partial charge in [0.2, 0.25) is 0 Å². The van der Waals surface area contributed by atoms with Crippen molar-refractivity contribution in [1.29, 1.82) is 0 Å². The van der Waals surface area contributed by atoms with Crippen molar-refractivity contribution in [2.75, 3.05) is 5.73 Å². The summed E-state index contributed by atoms with van der Waals surface area (Å²) in [5.74, 6) is 0. The lowest BCUT2D eigenvalue weighted by atomic mass is 10.1. The second-order valence-corrected chi connectivity index (χ2v) is 6.21. The van der Waals surface area contributed by atoms with E-state index in [2.05, 4.69) is 65.6 Å². The molecule has 0 amide bonds. The van der Waals surface area contributed by atoms with Crippen LogP contribution in [0.25, 0.3) is 32.9 Å². The number of nitrogens with two attached hydrogens (primary N) is 1. The second kappa shape index (κ2) is 7.16. The van der Waals surface area contributed by atoms with Crippen LogP contribution in [-0.4, -0.2) is 4.98 Å². The van der Waals surface area contributed by atoms with Crippen molar-refractivity contribution in [1.82, 2.24) is 4.98 Å². The van der Waals surface area contributed by atoms with Gasteiger partial charge >= 0.3 is 0 Å². The van der Waals surface area contributed by atoms with Gasteiger partial charge in [0.25, 0.3) is 0 Å². The van der Waals surface area contributed by atoms with Gasteiger partial charge in [0, 0.05) is 27.5 Å². The van der Waals surface area contributed by atoms with Gasteiger partial charge in [-0.1, -0.05) is 78.9 Å². The molecule has 3 N–H and O–H groups in total. The number of anilines is 1. The molecule has 1 aromatic heterocycles. The monoisotopic (exact) mass is 336 g/mol. The van der Waals surface area contributed by atoms with Crippen LogP contribution in [0.2, 0.25) is 0 Å². The molecule has 126 valence electrons. The van der Waals surface area contributed by atoms with E-state index in [1.54, 1.807) is 0 Å². The molecule has 4 aromatic carbocycles. The van der Waals surface area contributed by atoms with Crippen molar-refractivity contribution in [2.45, 2.75) is 0 Å². The van der Waals surface area contributed by atoms with Crippen LogP contribution in [0.5, 0.6) is 0 Å². The highest BCUT2D eigenvalue weighted by Gasteiger charge is 2.02. The number of H-pyrrole nitrogens is 1. The standard InChI is InChI=1S/C12H10N2.C12H10/c13-8-5-6-12-10(7-8)9-3-1-2-4-11(9)14-12;1-3-7-11(8-4-1)12-9-5-2-6-10-12/h1-7,14H,13H2;1-10H. The van der Waals surface area contributed by atoms with E-state index in [-0.39, 0.29) is 0 Å². The topological polar surface area (TPSA) is 41.8 Å². The average Bonchev–Trinajstić information content (AvgIpc) is 3.08. The van der Waals surface area contributed by atoms with E-state index in [1.807, 2.05) is 42.5 Å². The second-order valence-electron chi connectivity index (χ2n) is 6.21. The summed E-state index contributed by atoms with van der Waals surface area (Å²) in [5, 5.41) is 2.43. The van der Waals surface area contributed by atoms with Crippen molar-refractivity contribution in [2.24, 2.45) is 0 Å². The fourth-order valence-electron chi connectivity index (χ4n) is 3.13. The normalized spacial score (nSPS) is 10.5. The number of hydrogen-bond donors (Lipinski definition) is 2. The van der Waals surface area contributed by atoms with Crippen LogP contribution < -0.4 is 5.73 Å². The minimum Gasteiger partial charge on any atom is -0.399 e. The van der Waals surface area contributed by atoms with Gasteiger partial charge in [0.15, 0.2) is 0 Å². The molecule has 0 aliphatic carbocycles. The van der Waals surface area contributed by atoms with Crippen LogP contribution in [0.3, 0.4) is 0 Å². The molecule has 0 saturated carbocycles. The van der Waals surface area contributed by atoms with Crippen LogP contribution in [-0.2, 0) is 0 Å². The van der Waals surface area contributed by atoms with Crippen molar-refractivity contribution < 1.29 is 0 Å². The summed E-state index contributed by atoms with van der Waals surface area (Å²) < 4.78 is 0. The molecule has 0 fully saturated rings. The lowest BCUT2D eigenvalue weighted by molar-refractivity contribution is 1.55. The smallest absolute Gasteiger partial charge is 0.0466 e. The predicted molar refractivity (Wildman–Crippen MR) is 112 cm³/mol. The largest absolute Gasteiger partial charge is 0.399 e. The summed E-state index contributed by atoms with van der Waals surface area (Å²) in [4.78, 5) is 3.35. The lowest BCUT2D eigenvalue weighted by Crippen LogP contribution is -1.81. The van der Waals surface area contributed by atoms with Gasteiger partial charge in [-0.25, -0.2) is 0 Å². The number of fused-ring (bicyclic) bond motifs is 3. The number of rotatable bonds is 1. The first kappa shape index (κ1) is 16.0. The highest BCUT2D eigenvalue weighted by Crippen LogP contribution is 2.26. The number of nitrogen functional groups attached to an aromatic ring is 1. The summed E-state index contributed by atoms with van der Waals surface area (Å²) in [7, 11) is 0. The number of aromatic nitrogens is 1. The summed E-state index contributed by atoms with van der Waals surface area (Å²) in [5.41, 5.74) is 11.4. The minimum atomic E-state index is 0.808. The first-order chi connectivity index (χ1) is 12.8. The third kappa shape index (κ3) is 3.31. The van der Waals surface area contributed by atoms with Crippen LogP contribution in [0.4, 0.5) is 5.69 Å². The first-order valence-electron chi connectivity index (χ1n) is 8.68. The Balaban J connectivity index is 0.000000131. The predicted octanol–water partition coefficient (Wildman–Crippen LogP) is 6.26. The number of aromatic amines is 1. The van der Waals surface area contributed by atoms with Gasteiger partial charge in [0.1, 0.15) is 0 Å². The highest BCUT2D eigenvalue weighted by molar-refractivity contribution is 6.08. The Morgan fingerprint density at radius 2 is 1.04 bits per heavy atom. The van der Waals surface area contributed by atoms with Gasteiger partial charge in [-0.05, 0) is 35.4 Å². The summed E-state index contributed by atoms with van der Waals surface area (Å²) in [6.07, 6.45) is 0. The maximum absolute atomic E-state index is 5.76. The van der Waals surface area contributed by atoms with Crippen molar-refractivity contribution in [3.8, 4) is 11.1 Å². The Hall–Kier alpha value is -3.52. The number of hydrogen-bond acceptors (Lipinski definition) is 1. The molecule has 5 aromatic rings. The average molecular weight is 336 g/mol. The molecule has 2 heteroatoms. The molecule has 0 aliphatic rings. The van der Waals surface area contributed by atoms with E-state index in [0.29, 0.717) is 0 Å². The van der Waals surface area contributed by atoms with E-state index in [9.17, 15) is 0 Å². The van der Waals surface area contributed by atoms with E-state index in [1.165, 1.54) is 21.9 Å². The van der Waals surface area contributed by atoms with Gasteiger partial charge in [-0.3, -0.25) is 0 Å². The zero-order valence-electron chi connectivity index (χ0n) is 14.4. The molecule has 0 radical (unpaired) electrons. The molecule has 5 rings (SSSR count). The summed E-state index contributed by atoms with van der Waals surface area (Å²) >= 11 is 0. The molecule has 2 nitrogen and oxygen atoms in total. The number of para-hydroxylation sites is 1. The molecule has 26 heavy (non-hydrogen) atoms. The van der Waals surface area contributed by atoms with Crippen LogP contribution in [0.1, 0.15) is 0 Å². The highest BCUT2D eigenvalue weighted by atomic mass is 14.7. The van der Waals surface area contributed by atoms with E-state index >= 15 is 0 Å². The van der Waals surface area contributed by atoms with Gasteiger partial charge in [-0.2, -0.15) is 0 Å². The summed E-state index contributed by atoms with van der Waals surface area (Å²) in [6.45, 7) is 0. The Bertz CT molecular complexity index is 1090. The number of nitrogens with one attached hydrogen (secondary N) is 1. The summed E-state index contributed by atoms with van der Waals surface area (Å²) in [6, 6.07) is 35.0. The zero-order valence-corrected chi connectivity index (χ0v) is 14.4. The molecule has 0 spiro atoms. The molecule has 0 unspecified atom stereocenters. The Kier molecular flexibility index (Phi) is 4.40. The molecular weight excluding hydrogens is 316 g/mol. The van der Waals surface area contributed by atoms with Crippen LogP contribution >= 0.6 is 0 Å². The fraction of sp³-hybridized carbons (Fsp3) is 0. The molecule has 0 bridgehead atoms. The number of benzene rings is 4. The van der Waals surface area contributed by atoms with Crippen molar-refractivity contribution >= 4 is 27.5 Å². The Morgan fingerprint density at radius 3 is 1.69 bits per heavy atom. The molecular formula is C24H20N2. The van der Waals surface area contributed by atoms with Crippen molar-refractivity contribution in [3.63, 3.8) is 0 Å². The minimum absolute atomic E-state index is 0.808. The molecule has 0 aliphatic heterocycles. The third-order valence-electron chi connectivity index (χ3n) is 4.41. The fourth-order valence-corrected chi connectivity index (χ4v) is 3.13. The molecule has 1 heterocycles. The van der Waals surface area contributed by atoms with Gasteiger partial charge < -0.3 is 10.7 Å². The Morgan fingerprint density at radius 1 is 0.500 bits per heavy atom. The maximum Gasteiger partial charge on any atom is 0.0466 e. The van der Waals surface area contributed by atoms with E-state index < -0.39 is 0 Å².